The van der Waals surface area contributed by atoms with Crippen molar-refractivity contribution in [2.75, 3.05) is 9.80 Å². The Kier molecular flexibility index (Phi) is 8.36. The third kappa shape index (κ3) is 5.69. The molecule has 0 radical (unpaired) electrons. The molecule has 0 bridgehead atoms. The van der Waals surface area contributed by atoms with E-state index in [2.05, 4.69) is 244 Å². The predicted molar refractivity (Wildman–Crippen MR) is 254 cm³/mol. The van der Waals surface area contributed by atoms with E-state index in [0.29, 0.717) is 5.92 Å². The van der Waals surface area contributed by atoms with Crippen molar-refractivity contribution in [2.24, 2.45) is 5.92 Å². The van der Waals surface area contributed by atoms with Gasteiger partial charge in [0.25, 0.3) is 0 Å². The summed E-state index contributed by atoms with van der Waals surface area (Å²) in [6.45, 7) is 9.67. The van der Waals surface area contributed by atoms with Gasteiger partial charge in [-0.25, -0.2) is 0 Å². The van der Waals surface area contributed by atoms with Crippen LogP contribution in [0.5, 0.6) is 0 Å². The molecule has 2 atom stereocenters. The summed E-state index contributed by atoms with van der Waals surface area (Å²) < 4.78 is 0. The van der Waals surface area contributed by atoms with Gasteiger partial charge in [0.2, 0.25) is 0 Å². The molecule has 0 aromatic heterocycles. The maximum atomic E-state index is 2.63. The van der Waals surface area contributed by atoms with E-state index < -0.39 is 0 Å². The number of anilines is 5. The number of nitrogens with zero attached hydrogens (tertiary/aromatic N) is 2. The average molecular weight is 773 g/mol. The lowest BCUT2D eigenvalue weighted by Gasteiger charge is -2.51. The van der Waals surface area contributed by atoms with Crippen molar-refractivity contribution in [2.45, 2.75) is 44.6 Å². The largest absolute Gasteiger partial charge is 0.334 e. The molecule has 8 aromatic rings. The highest BCUT2D eigenvalue weighted by Crippen LogP contribution is 2.57. The normalized spacial score (nSPS) is 17.8. The van der Waals surface area contributed by atoms with E-state index in [1.807, 2.05) is 0 Å². The average Bonchev–Trinajstić information content (AvgIpc) is 3.52. The highest BCUT2D eigenvalue weighted by atomic mass is 15.2. The Morgan fingerprint density at radius 1 is 0.467 bits per heavy atom. The molecule has 0 amide bonds. The van der Waals surface area contributed by atoms with E-state index in [-0.39, 0.29) is 16.9 Å². The summed E-state index contributed by atoms with van der Waals surface area (Å²) in [6.07, 6.45) is 9.33. The topological polar surface area (TPSA) is 6.48 Å². The van der Waals surface area contributed by atoms with Gasteiger partial charge in [-0.05, 0) is 116 Å². The molecule has 11 rings (SSSR count). The predicted octanol–water partition coefficient (Wildman–Crippen LogP) is 15.5. The van der Waals surface area contributed by atoms with Gasteiger partial charge in [-0.2, -0.15) is 0 Å². The van der Waals surface area contributed by atoms with Crippen LogP contribution in [0.3, 0.4) is 0 Å². The lowest BCUT2D eigenvalue weighted by atomic mass is 9.64. The lowest BCUT2D eigenvalue weighted by molar-refractivity contribution is 0.332. The number of fused-ring (bicyclic) bond motifs is 6. The zero-order valence-corrected chi connectivity index (χ0v) is 34.7. The Labute approximate surface area is 354 Å². The van der Waals surface area contributed by atoms with Crippen LogP contribution < -0.4 is 9.80 Å². The summed E-state index contributed by atoms with van der Waals surface area (Å²) in [7, 11) is 0. The van der Waals surface area contributed by atoms with Crippen LogP contribution in [0.2, 0.25) is 0 Å². The highest BCUT2D eigenvalue weighted by Gasteiger charge is 2.47. The van der Waals surface area contributed by atoms with Crippen molar-refractivity contribution in [1.82, 2.24) is 0 Å². The molecule has 1 heterocycles. The number of benzene rings is 8. The second-order valence-electron chi connectivity index (χ2n) is 17.8. The first-order valence-electron chi connectivity index (χ1n) is 21.3. The summed E-state index contributed by atoms with van der Waals surface area (Å²) in [5.74, 6) is 0.325. The van der Waals surface area contributed by atoms with Crippen molar-refractivity contribution in [3.63, 3.8) is 0 Å². The standard InChI is InChI=1S/C58H48N2/c1-57(2)50-27-11-10-26-48(50)49-37-53-56(38-52(49)57)60(55-29-13-12-28-51(55)58(53,3)4)46-24-15-21-43(36-46)42-20-14-19-41(35-42)39-31-33-45(34-32-39)59(44-22-6-5-7-23-44)54-30-16-18-40-17-8-9-25-47(40)54/h5-38,51,55H,1-4H3. The van der Waals surface area contributed by atoms with Crippen LogP contribution in [0, 0.1) is 5.92 Å². The third-order valence-electron chi connectivity index (χ3n) is 13.7. The van der Waals surface area contributed by atoms with Gasteiger partial charge in [0, 0.05) is 44.9 Å². The lowest BCUT2D eigenvalue weighted by Crippen LogP contribution is -2.50. The highest BCUT2D eigenvalue weighted by molar-refractivity contribution is 5.99. The van der Waals surface area contributed by atoms with E-state index in [4.69, 9.17) is 0 Å². The van der Waals surface area contributed by atoms with Gasteiger partial charge >= 0.3 is 0 Å². The Hall–Kier alpha value is -6.90. The monoisotopic (exact) mass is 772 g/mol. The first-order valence-corrected chi connectivity index (χ1v) is 21.3. The molecule has 2 aliphatic carbocycles. The van der Waals surface area contributed by atoms with Crippen LogP contribution >= 0.6 is 0 Å². The van der Waals surface area contributed by atoms with Crippen LogP contribution in [-0.2, 0) is 10.8 Å². The molecular formula is C58H48N2. The molecule has 1 aliphatic heterocycles. The van der Waals surface area contributed by atoms with Crippen LogP contribution in [0.25, 0.3) is 44.2 Å². The minimum Gasteiger partial charge on any atom is -0.334 e. The van der Waals surface area contributed by atoms with E-state index in [0.717, 1.165) is 17.1 Å². The molecule has 2 nitrogen and oxygen atoms in total. The van der Waals surface area contributed by atoms with Gasteiger partial charge in [0.05, 0.1) is 11.7 Å². The number of hydrogen-bond donors (Lipinski definition) is 0. The molecular weight excluding hydrogens is 725 g/mol. The molecule has 0 fully saturated rings. The summed E-state index contributed by atoms with van der Waals surface area (Å²) in [4.78, 5) is 4.99. The quantitative estimate of drug-likeness (QED) is 0.166. The SMILES string of the molecule is CC1(C)c2ccccc2-c2cc3c(cc21)N(c1cccc(-c2cccc(-c4ccc(N(c5ccccc5)c5cccc6ccccc56)cc4)c2)c1)C1C=CC=CC1C3(C)C. The van der Waals surface area contributed by atoms with Crippen molar-refractivity contribution in [1.29, 1.82) is 0 Å². The minimum absolute atomic E-state index is 0.0526. The number of allylic oxidation sites excluding steroid dienone is 2. The summed E-state index contributed by atoms with van der Waals surface area (Å²) in [5, 5.41) is 2.46. The number of hydrogen-bond acceptors (Lipinski definition) is 2. The molecule has 0 saturated heterocycles. The number of para-hydroxylation sites is 1. The van der Waals surface area contributed by atoms with Gasteiger partial charge in [-0.1, -0.05) is 173 Å². The van der Waals surface area contributed by atoms with Gasteiger partial charge < -0.3 is 9.80 Å². The molecule has 0 saturated carbocycles. The van der Waals surface area contributed by atoms with E-state index in [9.17, 15) is 0 Å². The second-order valence-corrected chi connectivity index (χ2v) is 17.8. The maximum Gasteiger partial charge on any atom is 0.0596 e. The van der Waals surface area contributed by atoms with Crippen LogP contribution in [-0.4, -0.2) is 6.04 Å². The molecule has 60 heavy (non-hydrogen) atoms. The van der Waals surface area contributed by atoms with Crippen LogP contribution in [0.15, 0.2) is 206 Å². The molecule has 2 unspecified atom stereocenters. The Bertz CT molecular complexity index is 3000. The smallest absolute Gasteiger partial charge is 0.0596 e. The molecule has 0 N–H and O–H groups in total. The van der Waals surface area contributed by atoms with Crippen LogP contribution in [0.4, 0.5) is 28.4 Å². The fraction of sp³-hybridized carbons (Fsp3) is 0.138. The first-order chi connectivity index (χ1) is 29.3. The summed E-state index contributed by atoms with van der Waals surface area (Å²) in [6, 6.07) is 67.4. The van der Waals surface area contributed by atoms with Crippen molar-refractivity contribution >= 4 is 39.2 Å². The molecule has 2 heteroatoms. The Balaban J connectivity index is 0.968. The zero-order valence-electron chi connectivity index (χ0n) is 34.7. The van der Waals surface area contributed by atoms with E-state index >= 15 is 0 Å². The summed E-state index contributed by atoms with van der Waals surface area (Å²) >= 11 is 0. The van der Waals surface area contributed by atoms with Gasteiger partial charge in [0.1, 0.15) is 0 Å². The molecule has 8 aromatic carbocycles. The Morgan fingerprint density at radius 3 is 1.95 bits per heavy atom. The van der Waals surface area contributed by atoms with Crippen molar-refractivity contribution in [3.8, 4) is 33.4 Å². The minimum atomic E-state index is -0.0772. The van der Waals surface area contributed by atoms with Gasteiger partial charge in [-0.15, -0.1) is 0 Å². The molecule has 290 valence electrons. The fourth-order valence-electron chi connectivity index (χ4n) is 10.5. The second kappa shape index (κ2) is 13.9. The third-order valence-corrected chi connectivity index (χ3v) is 13.7. The van der Waals surface area contributed by atoms with Crippen LogP contribution in [0.1, 0.15) is 44.4 Å². The molecule has 3 aliphatic rings. The summed E-state index contributed by atoms with van der Waals surface area (Å²) in [5.41, 5.74) is 17.6. The maximum absolute atomic E-state index is 2.63. The Morgan fingerprint density at radius 2 is 1.12 bits per heavy atom. The van der Waals surface area contributed by atoms with E-state index in [1.165, 1.54) is 72.2 Å². The van der Waals surface area contributed by atoms with Gasteiger partial charge in [-0.3, -0.25) is 0 Å². The van der Waals surface area contributed by atoms with Crippen molar-refractivity contribution in [3.05, 3.63) is 223 Å². The van der Waals surface area contributed by atoms with Gasteiger partial charge in [0.15, 0.2) is 0 Å². The first kappa shape index (κ1) is 36.2. The fourth-order valence-corrected chi connectivity index (χ4v) is 10.5. The van der Waals surface area contributed by atoms with E-state index in [1.54, 1.807) is 0 Å². The number of rotatable bonds is 6. The molecule has 0 spiro atoms. The van der Waals surface area contributed by atoms with Crippen molar-refractivity contribution < 1.29 is 0 Å². The zero-order chi connectivity index (χ0) is 40.6.